The number of hydrogen-bond donors (Lipinski definition) is 2. The molecule has 1 aliphatic rings. The fourth-order valence-electron chi connectivity index (χ4n) is 3.51. The molecule has 0 aliphatic carbocycles. The number of fused-ring (bicyclic) bond motifs is 1. The van der Waals surface area contributed by atoms with E-state index in [-0.39, 0.29) is 6.04 Å². The molecule has 30 heavy (non-hydrogen) atoms. The molecule has 1 aliphatic heterocycles. The minimum Gasteiger partial charge on any atom is -0.377 e. The third-order valence-corrected chi connectivity index (χ3v) is 4.92. The highest BCUT2D eigenvalue weighted by Crippen LogP contribution is 2.13. The van der Waals surface area contributed by atoms with E-state index >= 15 is 0 Å². The molecule has 158 valence electrons. The maximum atomic E-state index is 5.14. The van der Waals surface area contributed by atoms with Crippen molar-refractivity contribution in [1.29, 1.82) is 0 Å². The van der Waals surface area contributed by atoms with Crippen molar-refractivity contribution in [3.05, 3.63) is 59.9 Å². The van der Waals surface area contributed by atoms with E-state index in [1.165, 1.54) is 0 Å². The first-order valence-electron chi connectivity index (χ1n) is 10.3. The van der Waals surface area contributed by atoms with Crippen LogP contribution in [-0.4, -0.2) is 50.2 Å². The highest BCUT2D eigenvalue weighted by molar-refractivity contribution is 5.80. The minimum atomic E-state index is 0.245. The lowest BCUT2D eigenvalue weighted by Gasteiger charge is -2.25. The zero-order valence-corrected chi connectivity index (χ0v) is 17.5. The summed E-state index contributed by atoms with van der Waals surface area (Å²) in [4.78, 5) is 9.27. The van der Waals surface area contributed by atoms with Crippen LogP contribution in [0.1, 0.15) is 30.7 Å². The Balaban J connectivity index is 1.39. The Kier molecular flexibility index (Phi) is 6.38. The summed E-state index contributed by atoms with van der Waals surface area (Å²) in [5.41, 5.74) is 1.96. The molecule has 1 unspecified atom stereocenters. The van der Waals surface area contributed by atoms with Gasteiger partial charge in [0.25, 0.3) is 0 Å². The van der Waals surface area contributed by atoms with Crippen LogP contribution in [0.15, 0.2) is 47.6 Å². The van der Waals surface area contributed by atoms with Gasteiger partial charge < -0.3 is 15.4 Å². The smallest absolute Gasteiger partial charge is 0.191 e. The highest BCUT2D eigenvalue weighted by atomic mass is 16.5. The first-order valence-corrected chi connectivity index (χ1v) is 10.3. The molecule has 4 rings (SSSR count). The van der Waals surface area contributed by atoms with Crippen LogP contribution in [0.2, 0.25) is 0 Å². The molecule has 3 heterocycles. The number of methoxy groups -OCH3 is 1. The summed E-state index contributed by atoms with van der Waals surface area (Å²) in [7, 11) is 1.66. The fourth-order valence-corrected chi connectivity index (χ4v) is 3.51. The summed E-state index contributed by atoms with van der Waals surface area (Å²) >= 11 is 0. The van der Waals surface area contributed by atoms with Gasteiger partial charge in [-0.1, -0.05) is 18.2 Å². The molecule has 3 aromatic rings. The number of para-hydroxylation sites is 1. The number of guanidine groups is 1. The SMILES string of the molecule is CCNC(=NCc1ccn(-c2ccccc2)n1)NC1CCc2nc(COC)nn2C1. The van der Waals surface area contributed by atoms with Gasteiger partial charge >= 0.3 is 0 Å². The Labute approximate surface area is 176 Å². The predicted octanol–water partition coefficient (Wildman–Crippen LogP) is 1.68. The van der Waals surface area contributed by atoms with Crippen LogP contribution in [0.25, 0.3) is 5.69 Å². The lowest BCUT2D eigenvalue weighted by molar-refractivity contribution is 0.177. The van der Waals surface area contributed by atoms with Crippen LogP contribution in [0, 0.1) is 0 Å². The highest BCUT2D eigenvalue weighted by Gasteiger charge is 2.22. The number of hydrogen-bond acceptors (Lipinski definition) is 5. The number of rotatable bonds is 7. The Morgan fingerprint density at radius 3 is 2.90 bits per heavy atom. The molecule has 0 radical (unpaired) electrons. The quantitative estimate of drug-likeness (QED) is 0.456. The van der Waals surface area contributed by atoms with Crippen molar-refractivity contribution < 1.29 is 4.74 Å². The third-order valence-electron chi connectivity index (χ3n) is 4.92. The van der Waals surface area contributed by atoms with Crippen LogP contribution >= 0.6 is 0 Å². The van der Waals surface area contributed by atoms with Gasteiger partial charge in [0.05, 0.1) is 24.5 Å². The summed E-state index contributed by atoms with van der Waals surface area (Å²) in [6.07, 6.45) is 3.83. The summed E-state index contributed by atoms with van der Waals surface area (Å²) < 4.78 is 8.99. The Morgan fingerprint density at radius 2 is 2.10 bits per heavy atom. The van der Waals surface area contributed by atoms with E-state index in [0.717, 1.165) is 54.9 Å². The molecule has 0 saturated carbocycles. The molecule has 0 fully saturated rings. The van der Waals surface area contributed by atoms with Gasteiger partial charge in [-0.15, -0.1) is 0 Å². The number of nitrogens with zero attached hydrogens (tertiary/aromatic N) is 6. The van der Waals surface area contributed by atoms with Crippen molar-refractivity contribution in [3.8, 4) is 5.69 Å². The zero-order valence-electron chi connectivity index (χ0n) is 17.5. The average Bonchev–Trinajstić information content (AvgIpc) is 3.39. The van der Waals surface area contributed by atoms with Gasteiger partial charge in [-0.3, -0.25) is 0 Å². The van der Waals surface area contributed by atoms with Crippen molar-refractivity contribution in [2.75, 3.05) is 13.7 Å². The summed E-state index contributed by atoms with van der Waals surface area (Å²) in [6, 6.07) is 12.3. The van der Waals surface area contributed by atoms with Gasteiger partial charge in [0.1, 0.15) is 12.4 Å². The van der Waals surface area contributed by atoms with Gasteiger partial charge in [0.2, 0.25) is 0 Å². The number of nitrogens with one attached hydrogen (secondary N) is 2. The molecule has 1 atom stereocenters. The standard InChI is InChI=1S/C21H28N8O/c1-3-22-21(23-13-16-11-12-28(26-16)18-7-5-4-6-8-18)24-17-9-10-20-25-19(15-30-2)27-29(20)14-17/h4-8,11-12,17H,3,9-10,13-15H2,1-2H3,(H2,22,23,24). The van der Waals surface area contributed by atoms with E-state index < -0.39 is 0 Å². The van der Waals surface area contributed by atoms with Gasteiger partial charge in [0, 0.05) is 32.3 Å². The number of aliphatic imine (C=N–C) groups is 1. The molecule has 9 heteroatoms. The number of benzene rings is 1. The molecule has 1 aromatic carbocycles. The Hall–Kier alpha value is -3.20. The van der Waals surface area contributed by atoms with E-state index in [0.29, 0.717) is 13.2 Å². The monoisotopic (exact) mass is 408 g/mol. The average molecular weight is 409 g/mol. The molecule has 0 saturated heterocycles. The number of ether oxygens (including phenoxy) is 1. The molecule has 0 amide bonds. The maximum absolute atomic E-state index is 5.14. The van der Waals surface area contributed by atoms with E-state index in [1.807, 2.05) is 52.0 Å². The van der Waals surface area contributed by atoms with Crippen LogP contribution in [0.5, 0.6) is 0 Å². The van der Waals surface area contributed by atoms with Gasteiger partial charge in [-0.2, -0.15) is 10.2 Å². The minimum absolute atomic E-state index is 0.245. The van der Waals surface area contributed by atoms with E-state index in [1.54, 1.807) is 7.11 Å². The van der Waals surface area contributed by atoms with E-state index in [2.05, 4.69) is 32.7 Å². The second kappa shape index (κ2) is 9.53. The first-order chi connectivity index (χ1) is 14.7. The lowest BCUT2D eigenvalue weighted by atomic mass is 10.1. The Bertz CT molecular complexity index is 978. The van der Waals surface area contributed by atoms with E-state index in [9.17, 15) is 0 Å². The molecular weight excluding hydrogens is 380 g/mol. The molecule has 2 N–H and O–H groups in total. The fraction of sp³-hybridized carbons (Fsp3) is 0.429. The lowest BCUT2D eigenvalue weighted by Crippen LogP contribution is -2.47. The maximum Gasteiger partial charge on any atom is 0.191 e. The van der Waals surface area contributed by atoms with Crippen molar-refractivity contribution in [1.82, 2.24) is 35.2 Å². The van der Waals surface area contributed by atoms with Crippen molar-refractivity contribution >= 4 is 5.96 Å². The molecule has 2 aromatic heterocycles. The van der Waals surface area contributed by atoms with Gasteiger partial charge in [-0.25, -0.2) is 19.3 Å². The van der Waals surface area contributed by atoms with Crippen LogP contribution < -0.4 is 10.6 Å². The summed E-state index contributed by atoms with van der Waals surface area (Å²) in [6.45, 7) is 4.57. The topological polar surface area (TPSA) is 94.2 Å². The zero-order chi connectivity index (χ0) is 20.8. The van der Waals surface area contributed by atoms with Crippen LogP contribution in [-0.2, 0) is 30.9 Å². The van der Waals surface area contributed by atoms with Crippen molar-refractivity contribution in [2.45, 2.75) is 45.5 Å². The summed E-state index contributed by atoms with van der Waals surface area (Å²) in [5, 5.41) is 16.0. The normalized spacial score (nSPS) is 16.3. The second-order valence-corrected chi connectivity index (χ2v) is 7.22. The van der Waals surface area contributed by atoms with Crippen molar-refractivity contribution in [3.63, 3.8) is 0 Å². The summed E-state index contributed by atoms with van der Waals surface area (Å²) in [5.74, 6) is 2.55. The van der Waals surface area contributed by atoms with Gasteiger partial charge in [0.15, 0.2) is 11.8 Å². The van der Waals surface area contributed by atoms with Crippen LogP contribution in [0.3, 0.4) is 0 Å². The molecule has 0 bridgehead atoms. The van der Waals surface area contributed by atoms with Crippen LogP contribution in [0.4, 0.5) is 0 Å². The number of aryl methyl sites for hydroxylation is 1. The predicted molar refractivity (Wildman–Crippen MR) is 114 cm³/mol. The number of aromatic nitrogens is 5. The molecule has 9 nitrogen and oxygen atoms in total. The molecular formula is C21H28N8O. The van der Waals surface area contributed by atoms with Crippen molar-refractivity contribution in [2.24, 2.45) is 4.99 Å². The Morgan fingerprint density at radius 1 is 1.23 bits per heavy atom. The molecule has 0 spiro atoms. The largest absolute Gasteiger partial charge is 0.377 e. The van der Waals surface area contributed by atoms with E-state index in [4.69, 9.17) is 9.73 Å². The first kappa shape index (κ1) is 20.1. The third kappa shape index (κ3) is 4.85. The van der Waals surface area contributed by atoms with Gasteiger partial charge in [-0.05, 0) is 31.5 Å². The second-order valence-electron chi connectivity index (χ2n) is 7.22.